The number of fused-ring (bicyclic) bond motifs is 5. The van der Waals surface area contributed by atoms with Gasteiger partial charge in [-0.15, -0.1) is 0 Å². The van der Waals surface area contributed by atoms with Crippen LogP contribution in [0, 0.1) is 40.4 Å². The molecule has 1 N–H and O–H groups in total. The maximum atomic E-state index is 11.5. The van der Waals surface area contributed by atoms with Crippen molar-refractivity contribution in [1.82, 2.24) is 4.90 Å². The monoisotopic (exact) mass is 483 g/mol. The minimum absolute atomic E-state index is 0.188. The second-order valence-corrected chi connectivity index (χ2v) is 13.2. The van der Waals surface area contributed by atoms with Gasteiger partial charge in [0.05, 0.1) is 25.6 Å². The molecule has 0 aromatic carbocycles. The van der Waals surface area contributed by atoms with Gasteiger partial charge >= 0.3 is 5.63 Å². The highest BCUT2D eigenvalue weighted by Crippen LogP contribution is 2.69. The van der Waals surface area contributed by atoms with E-state index in [1.807, 2.05) is 6.07 Å². The summed E-state index contributed by atoms with van der Waals surface area (Å²) in [4.78, 5) is 13.9. The average Bonchev–Trinajstić information content (AvgIpc) is 3.22. The standard InChI is InChI=1S/C30H45NO4/c1-29-11-9-20(27(32)18-31-13-15-34-16-14-31)17-22(29)4-5-23-25-7-6-24(21-3-8-28(33)35-19-21)30(25,2)12-10-26(23)29/h3,8,19-20,22-27,32H,4-7,9-18H2,1-2H3. The Morgan fingerprint density at radius 3 is 2.54 bits per heavy atom. The first-order valence-electron chi connectivity index (χ1n) is 14.5. The first kappa shape index (κ1) is 24.2. The number of ether oxygens (including phenoxy) is 1. The van der Waals surface area contributed by atoms with E-state index in [-0.39, 0.29) is 11.7 Å². The van der Waals surface area contributed by atoms with Crippen LogP contribution < -0.4 is 5.63 Å². The van der Waals surface area contributed by atoms with Crippen LogP contribution >= 0.6 is 0 Å². The lowest BCUT2D eigenvalue weighted by Gasteiger charge is -2.61. The quantitative estimate of drug-likeness (QED) is 0.647. The van der Waals surface area contributed by atoms with Gasteiger partial charge in [0.25, 0.3) is 0 Å². The van der Waals surface area contributed by atoms with Crippen LogP contribution in [0.25, 0.3) is 0 Å². The van der Waals surface area contributed by atoms with Crippen molar-refractivity contribution >= 4 is 0 Å². The normalized spacial score (nSPS) is 44.8. The predicted octanol–water partition coefficient (Wildman–Crippen LogP) is 5.08. The Morgan fingerprint density at radius 2 is 1.77 bits per heavy atom. The lowest BCUT2D eigenvalue weighted by atomic mass is 9.44. The van der Waals surface area contributed by atoms with E-state index in [9.17, 15) is 9.90 Å². The number of hydrogen-bond acceptors (Lipinski definition) is 5. The molecular weight excluding hydrogens is 438 g/mol. The Kier molecular flexibility index (Phi) is 6.42. The van der Waals surface area contributed by atoms with E-state index in [1.165, 1.54) is 63.4 Å². The summed E-state index contributed by atoms with van der Waals surface area (Å²) in [5, 5.41) is 11.1. The van der Waals surface area contributed by atoms with E-state index in [2.05, 4.69) is 18.7 Å². The van der Waals surface area contributed by atoms with Gasteiger partial charge in [0.2, 0.25) is 0 Å². The summed E-state index contributed by atoms with van der Waals surface area (Å²) in [6.45, 7) is 9.53. The Balaban J connectivity index is 1.14. The van der Waals surface area contributed by atoms with Crippen molar-refractivity contribution < 1.29 is 14.3 Å². The molecule has 1 aromatic heterocycles. The van der Waals surface area contributed by atoms with E-state index < -0.39 is 0 Å². The van der Waals surface area contributed by atoms with Crippen molar-refractivity contribution in [2.24, 2.45) is 40.4 Å². The van der Waals surface area contributed by atoms with Crippen LogP contribution in [0.2, 0.25) is 0 Å². The number of aliphatic hydroxyl groups is 1. The molecule has 1 saturated heterocycles. The fourth-order valence-electron chi connectivity index (χ4n) is 9.95. The van der Waals surface area contributed by atoms with Crippen molar-refractivity contribution in [3.63, 3.8) is 0 Å². The summed E-state index contributed by atoms with van der Waals surface area (Å²) in [5.74, 6) is 4.22. The summed E-state index contributed by atoms with van der Waals surface area (Å²) in [6.07, 6.45) is 13.2. The van der Waals surface area contributed by atoms with Crippen LogP contribution in [0.5, 0.6) is 0 Å². The zero-order valence-corrected chi connectivity index (χ0v) is 21.8. The number of β-amino-alcohol motifs (C(OH)–C–C–N with tert-alkyl or cyclic N) is 1. The Hall–Kier alpha value is -1.17. The van der Waals surface area contributed by atoms with Gasteiger partial charge in [-0.1, -0.05) is 13.8 Å². The first-order valence-corrected chi connectivity index (χ1v) is 14.5. The Bertz CT molecular complexity index is 935. The second-order valence-electron chi connectivity index (χ2n) is 13.2. The number of hydrogen-bond donors (Lipinski definition) is 1. The van der Waals surface area contributed by atoms with E-state index in [0.29, 0.717) is 22.7 Å². The van der Waals surface area contributed by atoms with Gasteiger partial charge in [-0.2, -0.15) is 0 Å². The SMILES string of the molecule is CC12CCC(C(O)CN3CCOCC3)CC1CCC1C2CCC2(C)C(c3ccc(=O)oc3)CCC12. The molecule has 5 nitrogen and oxygen atoms in total. The van der Waals surface area contributed by atoms with Crippen molar-refractivity contribution in [3.05, 3.63) is 34.4 Å². The number of rotatable bonds is 4. The van der Waals surface area contributed by atoms with E-state index >= 15 is 0 Å². The third-order valence-corrected chi connectivity index (χ3v) is 11.9. The molecule has 5 fully saturated rings. The molecule has 194 valence electrons. The molecule has 0 amide bonds. The van der Waals surface area contributed by atoms with Crippen LogP contribution in [0.4, 0.5) is 0 Å². The number of nitrogens with zero attached hydrogens (tertiary/aromatic N) is 1. The topological polar surface area (TPSA) is 62.9 Å². The Morgan fingerprint density at radius 1 is 1.00 bits per heavy atom. The minimum atomic E-state index is -0.242. The van der Waals surface area contributed by atoms with Crippen molar-refractivity contribution in [2.45, 2.75) is 83.7 Å². The summed E-state index contributed by atoms with van der Waals surface area (Å²) in [6, 6.07) is 3.63. The summed E-state index contributed by atoms with van der Waals surface area (Å²) >= 11 is 0. The van der Waals surface area contributed by atoms with Gasteiger partial charge in [0.15, 0.2) is 0 Å². The molecule has 35 heavy (non-hydrogen) atoms. The van der Waals surface area contributed by atoms with E-state index in [0.717, 1.165) is 56.5 Å². The number of aliphatic hydroxyl groups excluding tert-OH is 1. The van der Waals surface area contributed by atoms with Crippen LogP contribution in [-0.2, 0) is 4.74 Å². The highest BCUT2D eigenvalue weighted by molar-refractivity contribution is 5.22. The predicted molar refractivity (Wildman–Crippen MR) is 136 cm³/mol. The molecule has 5 heteroatoms. The lowest BCUT2D eigenvalue weighted by Crippen LogP contribution is -2.54. The molecule has 0 radical (unpaired) electrons. The third-order valence-electron chi connectivity index (χ3n) is 11.9. The smallest absolute Gasteiger partial charge is 0.335 e. The summed E-state index contributed by atoms with van der Waals surface area (Å²) in [5.41, 5.74) is 1.77. The molecule has 4 aliphatic carbocycles. The zero-order valence-electron chi connectivity index (χ0n) is 21.8. The molecule has 0 spiro atoms. The summed E-state index contributed by atoms with van der Waals surface area (Å²) in [7, 11) is 0. The van der Waals surface area contributed by atoms with Gasteiger partial charge in [0, 0.05) is 25.7 Å². The molecular formula is C30H45NO4. The average molecular weight is 484 g/mol. The Labute approximate surface area is 210 Å². The molecule has 2 heterocycles. The van der Waals surface area contributed by atoms with E-state index in [4.69, 9.17) is 9.15 Å². The number of morpholine rings is 1. The van der Waals surface area contributed by atoms with Crippen LogP contribution in [-0.4, -0.2) is 49.0 Å². The zero-order chi connectivity index (χ0) is 24.2. The van der Waals surface area contributed by atoms with Gasteiger partial charge in [-0.25, -0.2) is 4.79 Å². The fraction of sp³-hybridized carbons (Fsp3) is 0.833. The first-order chi connectivity index (χ1) is 16.9. The largest absolute Gasteiger partial charge is 0.431 e. The molecule has 9 atom stereocenters. The molecule has 0 bridgehead atoms. The van der Waals surface area contributed by atoms with Gasteiger partial charge in [0.1, 0.15) is 0 Å². The third kappa shape index (κ3) is 4.14. The minimum Gasteiger partial charge on any atom is -0.431 e. The van der Waals surface area contributed by atoms with Crippen molar-refractivity contribution in [1.29, 1.82) is 0 Å². The second kappa shape index (κ2) is 9.29. The fourth-order valence-corrected chi connectivity index (χ4v) is 9.95. The highest BCUT2D eigenvalue weighted by Gasteiger charge is 2.60. The molecule has 1 aliphatic heterocycles. The molecule has 9 unspecified atom stereocenters. The molecule has 4 saturated carbocycles. The molecule has 5 aliphatic rings. The van der Waals surface area contributed by atoms with Gasteiger partial charge in [-0.05, 0) is 116 Å². The van der Waals surface area contributed by atoms with Crippen LogP contribution in [0.1, 0.15) is 83.1 Å². The van der Waals surface area contributed by atoms with Gasteiger partial charge < -0.3 is 14.3 Å². The van der Waals surface area contributed by atoms with Crippen LogP contribution in [0.3, 0.4) is 0 Å². The van der Waals surface area contributed by atoms with Crippen molar-refractivity contribution in [2.75, 3.05) is 32.8 Å². The summed E-state index contributed by atoms with van der Waals surface area (Å²) < 4.78 is 10.8. The van der Waals surface area contributed by atoms with Crippen LogP contribution in [0.15, 0.2) is 27.6 Å². The van der Waals surface area contributed by atoms with Crippen molar-refractivity contribution in [3.8, 4) is 0 Å². The van der Waals surface area contributed by atoms with Gasteiger partial charge in [-0.3, -0.25) is 4.90 Å². The maximum absolute atomic E-state index is 11.5. The highest BCUT2D eigenvalue weighted by atomic mass is 16.5. The molecule has 6 rings (SSSR count). The van der Waals surface area contributed by atoms with E-state index in [1.54, 1.807) is 12.3 Å². The maximum Gasteiger partial charge on any atom is 0.335 e. The lowest BCUT2D eigenvalue weighted by molar-refractivity contribution is -0.124. The molecule has 1 aromatic rings.